The maximum atomic E-state index is 10.8. The molecule has 1 aliphatic rings. The van der Waals surface area contributed by atoms with Crippen LogP contribution in [0.1, 0.15) is 41.0 Å². The van der Waals surface area contributed by atoms with Crippen LogP contribution >= 0.6 is 0 Å². The molecule has 0 radical (unpaired) electrons. The zero-order chi connectivity index (χ0) is 28.3. The molecule has 1 saturated heterocycles. The van der Waals surface area contributed by atoms with Gasteiger partial charge < -0.3 is 23.8 Å². The van der Waals surface area contributed by atoms with Crippen molar-refractivity contribution in [2.75, 3.05) is 33.4 Å². The number of nitrogens with zero attached hydrogens (tertiary/aromatic N) is 2. The second kappa shape index (κ2) is 14.8. The third-order valence-electron chi connectivity index (χ3n) is 7.21. The Labute approximate surface area is 242 Å². The normalized spacial score (nSPS) is 14.6. The number of β-amino-alcohol motifs (C(OH)–C–C–N with tert-alkyl or cyclic N) is 1. The standard InChI is InChI=1S/C34H38N2O5/c1-38-23-30-20-32(41-35-30)25-39-22-29-14-8-9-15-33(29)40-24-31(37)21-36-18-16-28(17-19-36)34(26-10-4-2-5-11-26)27-12-6-3-7-13-27/h2-15,20,31,37H,16-19,21-25H2,1H3. The number of para-hydroxylation sites is 1. The van der Waals surface area contributed by atoms with Gasteiger partial charge in [0.2, 0.25) is 0 Å². The molecule has 214 valence electrons. The van der Waals surface area contributed by atoms with Crippen molar-refractivity contribution in [3.8, 4) is 5.75 Å². The van der Waals surface area contributed by atoms with E-state index in [1.807, 2.05) is 30.3 Å². The fourth-order valence-corrected chi connectivity index (χ4v) is 5.24. The van der Waals surface area contributed by atoms with Gasteiger partial charge in [-0.1, -0.05) is 89.6 Å². The second-order valence-corrected chi connectivity index (χ2v) is 10.3. The van der Waals surface area contributed by atoms with Crippen molar-refractivity contribution in [3.05, 3.63) is 125 Å². The summed E-state index contributed by atoms with van der Waals surface area (Å²) in [4.78, 5) is 2.33. The van der Waals surface area contributed by atoms with Crippen LogP contribution in [0.5, 0.6) is 5.75 Å². The summed E-state index contributed by atoms with van der Waals surface area (Å²) in [6.45, 7) is 3.68. The van der Waals surface area contributed by atoms with Crippen LogP contribution in [0.15, 0.2) is 101 Å². The average molecular weight is 555 g/mol. The molecule has 7 heteroatoms. The largest absolute Gasteiger partial charge is 0.490 e. The predicted octanol–water partition coefficient (Wildman–Crippen LogP) is 5.88. The molecule has 1 unspecified atom stereocenters. The highest BCUT2D eigenvalue weighted by Crippen LogP contribution is 2.32. The second-order valence-electron chi connectivity index (χ2n) is 10.3. The van der Waals surface area contributed by atoms with Gasteiger partial charge in [-0.25, -0.2) is 0 Å². The Hall–Kier alpha value is -3.75. The number of aromatic nitrogens is 1. The van der Waals surface area contributed by atoms with E-state index in [4.69, 9.17) is 18.7 Å². The first-order valence-corrected chi connectivity index (χ1v) is 14.1. The Morgan fingerprint density at radius 3 is 2.22 bits per heavy atom. The SMILES string of the molecule is COCc1cc(COCc2ccccc2OCC(O)CN2CCC(=C(c3ccccc3)c3ccccc3)CC2)on1. The monoisotopic (exact) mass is 554 g/mol. The van der Waals surface area contributed by atoms with Crippen molar-refractivity contribution in [1.29, 1.82) is 0 Å². The Bertz CT molecular complexity index is 1340. The van der Waals surface area contributed by atoms with Gasteiger partial charge in [0, 0.05) is 38.4 Å². The number of hydrogen-bond acceptors (Lipinski definition) is 7. The minimum absolute atomic E-state index is 0.220. The van der Waals surface area contributed by atoms with Gasteiger partial charge in [-0.15, -0.1) is 0 Å². The average Bonchev–Trinajstić information content (AvgIpc) is 3.46. The molecule has 4 aromatic rings. The minimum Gasteiger partial charge on any atom is -0.490 e. The lowest BCUT2D eigenvalue weighted by molar-refractivity contribution is 0.0615. The van der Waals surface area contributed by atoms with Crippen molar-refractivity contribution in [2.45, 2.75) is 38.8 Å². The first-order chi connectivity index (χ1) is 20.2. The molecule has 0 amide bonds. The van der Waals surface area contributed by atoms with Crippen molar-refractivity contribution in [3.63, 3.8) is 0 Å². The minimum atomic E-state index is -0.592. The zero-order valence-electron chi connectivity index (χ0n) is 23.6. The molecule has 1 N–H and O–H groups in total. The number of benzene rings is 3. The van der Waals surface area contributed by atoms with Crippen LogP contribution < -0.4 is 4.74 Å². The number of likely N-dealkylation sites (tertiary alicyclic amines) is 1. The van der Waals surface area contributed by atoms with Gasteiger partial charge in [0.1, 0.15) is 30.8 Å². The van der Waals surface area contributed by atoms with E-state index in [0.717, 1.165) is 37.2 Å². The molecule has 0 aliphatic carbocycles. The van der Waals surface area contributed by atoms with Crippen LogP contribution in [0.3, 0.4) is 0 Å². The quantitative estimate of drug-likeness (QED) is 0.221. The van der Waals surface area contributed by atoms with Gasteiger partial charge in [0.05, 0.1) is 13.2 Å². The van der Waals surface area contributed by atoms with Crippen LogP contribution in [0, 0.1) is 0 Å². The van der Waals surface area contributed by atoms with E-state index in [2.05, 4.69) is 70.7 Å². The molecule has 2 heterocycles. The molecule has 1 aliphatic heterocycles. The summed E-state index contributed by atoms with van der Waals surface area (Å²) in [5.74, 6) is 1.36. The Morgan fingerprint density at radius 1 is 0.878 bits per heavy atom. The number of ether oxygens (including phenoxy) is 3. The Morgan fingerprint density at radius 2 is 1.54 bits per heavy atom. The molecule has 7 nitrogen and oxygen atoms in total. The first kappa shape index (κ1) is 28.8. The summed E-state index contributed by atoms with van der Waals surface area (Å²) < 4.78 is 22.2. The Kier molecular flexibility index (Phi) is 10.4. The Balaban J connectivity index is 1.12. The van der Waals surface area contributed by atoms with Crippen molar-refractivity contribution in [2.24, 2.45) is 0 Å². The molecular formula is C34H38N2O5. The van der Waals surface area contributed by atoms with E-state index in [1.165, 1.54) is 22.3 Å². The molecule has 5 rings (SSSR count). The lowest BCUT2D eigenvalue weighted by Crippen LogP contribution is -2.39. The third kappa shape index (κ3) is 8.15. The molecule has 0 spiro atoms. The number of piperidine rings is 1. The van der Waals surface area contributed by atoms with Gasteiger partial charge in [0.15, 0.2) is 5.76 Å². The molecule has 1 aromatic heterocycles. The summed E-state index contributed by atoms with van der Waals surface area (Å²) in [5, 5.41) is 14.8. The fourth-order valence-electron chi connectivity index (χ4n) is 5.24. The van der Waals surface area contributed by atoms with Crippen LogP contribution in [-0.4, -0.2) is 54.6 Å². The topological polar surface area (TPSA) is 77.2 Å². The van der Waals surface area contributed by atoms with Crippen LogP contribution in [-0.2, 0) is 29.3 Å². The lowest BCUT2D eigenvalue weighted by atomic mass is 9.88. The molecular weight excluding hydrogens is 516 g/mol. The third-order valence-corrected chi connectivity index (χ3v) is 7.21. The number of rotatable bonds is 13. The van der Waals surface area contributed by atoms with Gasteiger partial charge >= 0.3 is 0 Å². The highest BCUT2D eigenvalue weighted by molar-refractivity contribution is 5.82. The molecule has 0 saturated carbocycles. The number of aliphatic hydroxyl groups excluding tert-OH is 1. The van der Waals surface area contributed by atoms with Crippen LogP contribution in [0.2, 0.25) is 0 Å². The summed E-state index contributed by atoms with van der Waals surface area (Å²) in [6.07, 6.45) is 1.36. The van der Waals surface area contributed by atoms with E-state index in [1.54, 1.807) is 7.11 Å². The molecule has 3 aromatic carbocycles. The summed E-state index contributed by atoms with van der Waals surface area (Å²) in [6, 6.07) is 30.9. The van der Waals surface area contributed by atoms with Crippen molar-refractivity contribution >= 4 is 5.57 Å². The van der Waals surface area contributed by atoms with Gasteiger partial charge in [-0.3, -0.25) is 4.90 Å². The zero-order valence-corrected chi connectivity index (χ0v) is 23.6. The highest BCUT2D eigenvalue weighted by Gasteiger charge is 2.21. The van der Waals surface area contributed by atoms with Crippen molar-refractivity contribution < 1.29 is 23.8 Å². The molecule has 0 bridgehead atoms. The lowest BCUT2D eigenvalue weighted by Gasteiger charge is -2.31. The molecule has 1 atom stereocenters. The highest BCUT2D eigenvalue weighted by atomic mass is 16.5. The van der Waals surface area contributed by atoms with E-state index < -0.39 is 6.10 Å². The van der Waals surface area contributed by atoms with E-state index >= 15 is 0 Å². The van der Waals surface area contributed by atoms with Crippen LogP contribution in [0.25, 0.3) is 5.57 Å². The predicted molar refractivity (Wildman–Crippen MR) is 158 cm³/mol. The summed E-state index contributed by atoms with van der Waals surface area (Å²) in [7, 11) is 1.62. The van der Waals surface area contributed by atoms with E-state index in [9.17, 15) is 5.11 Å². The molecule has 1 fully saturated rings. The number of methoxy groups -OCH3 is 1. The van der Waals surface area contributed by atoms with Gasteiger partial charge in [-0.2, -0.15) is 0 Å². The summed E-state index contributed by atoms with van der Waals surface area (Å²) >= 11 is 0. The van der Waals surface area contributed by atoms with Crippen LogP contribution in [0.4, 0.5) is 0 Å². The summed E-state index contributed by atoms with van der Waals surface area (Å²) in [5.41, 5.74) is 6.98. The van der Waals surface area contributed by atoms with Gasteiger partial charge in [0.25, 0.3) is 0 Å². The first-order valence-electron chi connectivity index (χ1n) is 14.1. The number of aliphatic hydroxyl groups is 1. The fraction of sp³-hybridized carbons (Fsp3) is 0.324. The smallest absolute Gasteiger partial charge is 0.162 e. The number of hydrogen-bond donors (Lipinski definition) is 1. The van der Waals surface area contributed by atoms with E-state index in [0.29, 0.717) is 37.9 Å². The van der Waals surface area contributed by atoms with E-state index in [-0.39, 0.29) is 6.61 Å². The maximum absolute atomic E-state index is 10.8. The van der Waals surface area contributed by atoms with Crippen molar-refractivity contribution in [1.82, 2.24) is 10.1 Å². The molecule has 41 heavy (non-hydrogen) atoms. The maximum Gasteiger partial charge on any atom is 0.162 e. The van der Waals surface area contributed by atoms with Gasteiger partial charge in [-0.05, 0) is 35.6 Å².